The smallest absolute Gasteiger partial charge is 0.323 e. The number of para-hydroxylation sites is 2. The summed E-state index contributed by atoms with van der Waals surface area (Å²) in [4.78, 5) is 26.1. The standard InChI is InChI=1S/C19H28N2O5/c1-3-25-19(23)15-8-6-7-12-21(15)14-18(22)20-11-13-26-17-10-5-4-9-16(17)24-2/h4-5,9-10,15H,3,6-8,11-14H2,1-2H3,(H,20,22)/t15-/m1/s1. The van der Waals surface area contributed by atoms with Crippen LogP contribution < -0.4 is 14.8 Å². The maximum Gasteiger partial charge on any atom is 0.323 e. The van der Waals surface area contributed by atoms with Crippen LogP contribution in [0.5, 0.6) is 11.5 Å². The predicted molar refractivity (Wildman–Crippen MR) is 97.3 cm³/mol. The second kappa shape index (κ2) is 10.7. The summed E-state index contributed by atoms with van der Waals surface area (Å²) in [6.07, 6.45) is 2.71. The van der Waals surface area contributed by atoms with Crippen LogP contribution >= 0.6 is 0 Å². The summed E-state index contributed by atoms with van der Waals surface area (Å²) < 4.78 is 16.0. The van der Waals surface area contributed by atoms with E-state index in [9.17, 15) is 9.59 Å². The highest BCUT2D eigenvalue weighted by Gasteiger charge is 2.30. The van der Waals surface area contributed by atoms with Crippen molar-refractivity contribution in [3.8, 4) is 11.5 Å². The van der Waals surface area contributed by atoms with Crippen molar-refractivity contribution in [2.45, 2.75) is 32.2 Å². The van der Waals surface area contributed by atoms with Gasteiger partial charge in [0.15, 0.2) is 11.5 Å². The number of likely N-dealkylation sites (tertiary alicyclic amines) is 1. The average Bonchev–Trinajstić information content (AvgIpc) is 2.66. The molecule has 0 bridgehead atoms. The van der Waals surface area contributed by atoms with Gasteiger partial charge in [-0.25, -0.2) is 0 Å². The SMILES string of the molecule is CCOC(=O)[C@H]1CCCCN1CC(=O)NCCOc1ccccc1OC. The minimum absolute atomic E-state index is 0.121. The third kappa shape index (κ3) is 5.91. The first kappa shape index (κ1) is 20.0. The molecule has 0 aromatic heterocycles. The van der Waals surface area contributed by atoms with E-state index in [1.165, 1.54) is 0 Å². The summed E-state index contributed by atoms with van der Waals surface area (Å²) in [5, 5.41) is 2.83. The average molecular weight is 364 g/mol. The van der Waals surface area contributed by atoms with Crippen LogP contribution in [-0.2, 0) is 14.3 Å². The molecule has 1 fully saturated rings. The van der Waals surface area contributed by atoms with Crippen molar-refractivity contribution in [1.82, 2.24) is 10.2 Å². The number of carbonyl (C=O) groups excluding carboxylic acids is 2. The Morgan fingerprint density at radius 2 is 2.00 bits per heavy atom. The van der Waals surface area contributed by atoms with Crippen LogP contribution in [-0.4, -0.2) is 62.8 Å². The zero-order valence-corrected chi connectivity index (χ0v) is 15.5. The molecule has 1 aromatic rings. The van der Waals surface area contributed by atoms with Crippen molar-refractivity contribution in [3.63, 3.8) is 0 Å². The molecule has 0 unspecified atom stereocenters. The van der Waals surface area contributed by atoms with Gasteiger partial charge in [-0.2, -0.15) is 0 Å². The van der Waals surface area contributed by atoms with Crippen LogP contribution in [0, 0.1) is 0 Å². The van der Waals surface area contributed by atoms with E-state index in [-0.39, 0.29) is 24.5 Å². The van der Waals surface area contributed by atoms with E-state index in [0.29, 0.717) is 31.3 Å². The molecule has 1 amide bonds. The molecule has 1 heterocycles. The van der Waals surface area contributed by atoms with Crippen molar-refractivity contribution in [3.05, 3.63) is 24.3 Å². The fraction of sp³-hybridized carbons (Fsp3) is 0.579. The summed E-state index contributed by atoms with van der Waals surface area (Å²) in [5.41, 5.74) is 0. The minimum Gasteiger partial charge on any atom is -0.493 e. The number of esters is 1. The van der Waals surface area contributed by atoms with Gasteiger partial charge >= 0.3 is 5.97 Å². The maximum atomic E-state index is 12.2. The van der Waals surface area contributed by atoms with E-state index in [0.717, 1.165) is 25.8 Å². The zero-order valence-electron chi connectivity index (χ0n) is 15.5. The lowest BCUT2D eigenvalue weighted by Crippen LogP contribution is -2.49. The zero-order chi connectivity index (χ0) is 18.8. The largest absolute Gasteiger partial charge is 0.493 e. The van der Waals surface area contributed by atoms with Crippen LogP contribution in [0.25, 0.3) is 0 Å². The number of carbonyl (C=O) groups is 2. The molecule has 1 N–H and O–H groups in total. The molecule has 0 aliphatic carbocycles. The molecule has 7 heteroatoms. The quantitative estimate of drug-likeness (QED) is 0.530. The number of benzene rings is 1. The van der Waals surface area contributed by atoms with Gasteiger partial charge in [0.25, 0.3) is 0 Å². The van der Waals surface area contributed by atoms with Crippen molar-refractivity contribution in [2.24, 2.45) is 0 Å². The van der Waals surface area contributed by atoms with Crippen molar-refractivity contribution >= 4 is 11.9 Å². The molecule has 26 heavy (non-hydrogen) atoms. The molecule has 1 aromatic carbocycles. The Morgan fingerprint density at radius 3 is 2.73 bits per heavy atom. The normalized spacial score (nSPS) is 17.4. The van der Waals surface area contributed by atoms with Gasteiger partial charge in [0.1, 0.15) is 12.6 Å². The van der Waals surface area contributed by atoms with Crippen molar-refractivity contribution in [2.75, 3.05) is 40.0 Å². The second-order valence-corrected chi connectivity index (χ2v) is 6.08. The highest BCUT2D eigenvalue weighted by atomic mass is 16.5. The molecule has 1 aliphatic heterocycles. The van der Waals surface area contributed by atoms with Gasteiger partial charge in [0.05, 0.1) is 26.8 Å². The van der Waals surface area contributed by atoms with Gasteiger partial charge in [-0.3, -0.25) is 14.5 Å². The predicted octanol–water partition coefficient (Wildman–Crippen LogP) is 1.61. The molecular formula is C19H28N2O5. The van der Waals surface area contributed by atoms with E-state index in [1.54, 1.807) is 14.0 Å². The molecule has 0 radical (unpaired) electrons. The number of methoxy groups -OCH3 is 1. The molecule has 1 saturated heterocycles. The summed E-state index contributed by atoms with van der Waals surface area (Å²) >= 11 is 0. The lowest BCUT2D eigenvalue weighted by Gasteiger charge is -2.33. The van der Waals surface area contributed by atoms with Gasteiger partial charge < -0.3 is 19.5 Å². The Bertz CT molecular complexity index is 593. The lowest BCUT2D eigenvalue weighted by atomic mass is 10.0. The molecule has 1 aliphatic rings. The lowest BCUT2D eigenvalue weighted by molar-refractivity contribution is -0.151. The summed E-state index contributed by atoms with van der Waals surface area (Å²) in [6.45, 7) is 3.80. The molecule has 0 spiro atoms. The van der Waals surface area contributed by atoms with Crippen LogP contribution in [0.3, 0.4) is 0 Å². The number of piperidine rings is 1. The third-order valence-electron chi connectivity index (χ3n) is 4.27. The first-order valence-electron chi connectivity index (χ1n) is 9.09. The van der Waals surface area contributed by atoms with Crippen LogP contribution in [0.1, 0.15) is 26.2 Å². The Hall–Kier alpha value is -2.28. The van der Waals surface area contributed by atoms with Crippen molar-refractivity contribution < 1.29 is 23.8 Å². The van der Waals surface area contributed by atoms with Crippen LogP contribution in [0.2, 0.25) is 0 Å². The number of hydrogen-bond donors (Lipinski definition) is 1. The number of rotatable bonds is 9. The van der Waals surface area contributed by atoms with E-state index < -0.39 is 0 Å². The van der Waals surface area contributed by atoms with Gasteiger partial charge in [-0.1, -0.05) is 18.6 Å². The molecule has 0 saturated carbocycles. The molecule has 1 atom stereocenters. The third-order valence-corrected chi connectivity index (χ3v) is 4.27. The fourth-order valence-corrected chi connectivity index (χ4v) is 3.02. The topological polar surface area (TPSA) is 77.1 Å². The van der Waals surface area contributed by atoms with Crippen LogP contribution in [0.15, 0.2) is 24.3 Å². The summed E-state index contributed by atoms with van der Waals surface area (Å²) in [7, 11) is 1.59. The second-order valence-electron chi connectivity index (χ2n) is 6.08. The monoisotopic (exact) mass is 364 g/mol. The van der Waals surface area contributed by atoms with E-state index >= 15 is 0 Å². The number of hydrogen-bond acceptors (Lipinski definition) is 6. The molecular weight excluding hydrogens is 336 g/mol. The van der Waals surface area contributed by atoms with E-state index in [2.05, 4.69) is 5.32 Å². The minimum atomic E-state index is -0.320. The molecule has 2 rings (SSSR count). The highest BCUT2D eigenvalue weighted by Crippen LogP contribution is 2.25. The maximum absolute atomic E-state index is 12.2. The number of nitrogens with zero attached hydrogens (tertiary/aromatic N) is 1. The Kier molecular flexibility index (Phi) is 8.21. The van der Waals surface area contributed by atoms with E-state index in [1.807, 2.05) is 29.2 Å². The van der Waals surface area contributed by atoms with Gasteiger partial charge in [0, 0.05) is 0 Å². The summed E-state index contributed by atoms with van der Waals surface area (Å²) in [6, 6.07) is 7.05. The Morgan fingerprint density at radius 1 is 1.23 bits per heavy atom. The van der Waals surface area contributed by atoms with Gasteiger partial charge in [-0.05, 0) is 38.4 Å². The number of amides is 1. The van der Waals surface area contributed by atoms with Gasteiger partial charge in [0.2, 0.25) is 5.91 Å². The number of nitrogens with one attached hydrogen (secondary N) is 1. The van der Waals surface area contributed by atoms with Gasteiger partial charge in [-0.15, -0.1) is 0 Å². The Balaban J connectivity index is 1.74. The van der Waals surface area contributed by atoms with Crippen molar-refractivity contribution in [1.29, 1.82) is 0 Å². The fourth-order valence-electron chi connectivity index (χ4n) is 3.02. The number of ether oxygens (including phenoxy) is 3. The first-order valence-corrected chi connectivity index (χ1v) is 9.09. The van der Waals surface area contributed by atoms with Crippen LogP contribution in [0.4, 0.5) is 0 Å². The highest BCUT2D eigenvalue weighted by molar-refractivity contribution is 5.80. The molecule has 144 valence electrons. The van der Waals surface area contributed by atoms with E-state index in [4.69, 9.17) is 14.2 Å². The molecule has 7 nitrogen and oxygen atoms in total. The Labute approximate surface area is 154 Å². The first-order chi connectivity index (χ1) is 12.7. The summed E-state index contributed by atoms with van der Waals surface area (Å²) in [5.74, 6) is 0.941.